The molecule has 20 heavy (non-hydrogen) atoms. The van der Waals surface area contributed by atoms with Gasteiger partial charge in [-0.05, 0) is 17.7 Å². The number of aliphatic hydroxyl groups is 1. The molecule has 1 rings (SSSR count). The van der Waals surface area contributed by atoms with Crippen molar-refractivity contribution in [3.8, 4) is 11.8 Å². The summed E-state index contributed by atoms with van der Waals surface area (Å²) in [6, 6.07) is 6.89. The number of nitrogens with one attached hydrogen (secondary N) is 1. The molecule has 0 aromatic heterocycles. The SMILES string of the molecule is O=C(CCC(F)(F)F)NCc1cccc(C#CCO)c1. The predicted octanol–water partition coefficient (Wildman–Crippen LogP) is 1.99. The van der Waals surface area contributed by atoms with E-state index in [-0.39, 0.29) is 13.2 Å². The van der Waals surface area contributed by atoms with Crippen LogP contribution in [0.25, 0.3) is 0 Å². The molecule has 1 aromatic carbocycles. The summed E-state index contributed by atoms with van der Waals surface area (Å²) < 4.78 is 35.8. The molecule has 0 saturated heterocycles. The van der Waals surface area contributed by atoms with Gasteiger partial charge in [0, 0.05) is 18.5 Å². The molecular weight excluding hydrogens is 271 g/mol. The van der Waals surface area contributed by atoms with Gasteiger partial charge in [-0.1, -0.05) is 24.0 Å². The first kappa shape index (κ1) is 16.1. The zero-order valence-corrected chi connectivity index (χ0v) is 10.6. The van der Waals surface area contributed by atoms with Gasteiger partial charge < -0.3 is 10.4 Å². The lowest BCUT2D eigenvalue weighted by Crippen LogP contribution is -2.24. The first-order valence-corrected chi connectivity index (χ1v) is 5.93. The zero-order valence-electron chi connectivity index (χ0n) is 10.6. The van der Waals surface area contributed by atoms with Crippen LogP contribution in [0.4, 0.5) is 13.2 Å². The van der Waals surface area contributed by atoms with E-state index in [0.29, 0.717) is 5.56 Å². The average Bonchev–Trinajstić information content (AvgIpc) is 2.40. The van der Waals surface area contributed by atoms with Crippen LogP contribution in [0.3, 0.4) is 0 Å². The van der Waals surface area contributed by atoms with Crippen molar-refractivity contribution >= 4 is 5.91 Å². The van der Waals surface area contributed by atoms with Crippen molar-refractivity contribution in [2.75, 3.05) is 6.61 Å². The minimum atomic E-state index is -4.32. The van der Waals surface area contributed by atoms with E-state index < -0.39 is 24.9 Å². The van der Waals surface area contributed by atoms with E-state index in [1.807, 2.05) is 0 Å². The molecule has 0 radical (unpaired) electrons. The summed E-state index contributed by atoms with van der Waals surface area (Å²) in [6.45, 7) is -0.107. The lowest BCUT2D eigenvalue weighted by atomic mass is 10.1. The molecule has 1 aromatic rings. The Morgan fingerprint density at radius 3 is 2.75 bits per heavy atom. The quantitative estimate of drug-likeness (QED) is 0.831. The van der Waals surface area contributed by atoms with Crippen molar-refractivity contribution in [3.63, 3.8) is 0 Å². The third-order valence-electron chi connectivity index (χ3n) is 2.36. The van der Waals surface area contributed by atoms with E-state index in [9.17, 15) is 18.0 Å². The summed E-state index contributed by atoms with van der Waals surface area (Å²) in [5.41, 5.74) is 1.40. The van der Waals surface area contributed by atoms with Gasteiger partial charge in [-0.2, -0.15) is 13.2 Å². The molecule has 0 fully saturated rings. The maximum atomic E-state index is 11.9. The van der Waals surface area contributed by atoms with Crippen LogP contribution in [0.1, 0.15) is 24.0 Å². The molecule has 3 nitrogen and oxygen atoms in total. The third kappa shape index (κ3) is 6.81. The lowest BCUT2D eigenvalue weighted by molar-refractivity contribution is -0.144. The first-order valence-electron chi connectivity index (χ1n) is 5.93. The van der Waals surface area contributed by atoms with Gasteiger partial charge in [0.1, 0.15) is 6.61 Å². The molecular formula is C14H14F3NO2. The van der Waals surface area contributed by atoms with Crippen molar-refractivity contribution in [1.29, 1.82) is 0 Å². The molecule has 2 N–H and O–H groups in total. The molecule has 0 aliphatic carbocycles. The number of hydrogen-bond donors (Lipinski definition) is 2. The molecule has 0 spiro atoms. The van der Waals surface area contributed by atoms with Crippen molar-refractivity contribution in [2.45, 2.75) is 25.6 Å². The standard InChI is InChI=1S/C14H14F3NO2/c15-14(16,17)7-6-13(20)18-10-12-4-1-3-11(9-12)5-2-8-19/h1,3-4,9,19H,6-8,10H2,(H,18,20). The number of rotatable bonds is 4. The van der Waals surface area contributed by atoms with E-state index in [2.05, 4.69) is 17.2 Å². The zero-order chi connectivity index (χ0) is 15.0. The number of carbonyl (C=O) groups excluding carboxylic acids is 1. The number of aliphatic hydroxyl groups excluding tert-OH is 1. The topological polar surface area (TPSA) is 49.3 Å². The van der Waals surface area contributed by atoms with E-state index in [4.69, 9.17) is 5.11 Å². The summed E-state index contributed by atoms with van der Waals surface area (Å²) >= 11 is 0. The molecule has 1 amide bonds. The van der Waals surface area contributed by atoms with Gasteiger partial charge in [-0.15, -0.1) is 0 Å². The van der Waals surface area contributed by atoms with Crippen LogP contribution in [-0.2, 0) is 11.3 Å². The molecule has 0 atom stereocenters. The number of carbonyl (C=O) groups is 1. The van der Waals surface area contributed by atoms with Crippen LogP contribution in [-0.4, -0.2) is 23.8 Å². The van der Waals surface area contributed by atoms with Gasteiger partial charge in [-0.25, -0.2) is 0 Å². The highest BCUT2D eigenvalue weighted by Gasteiger charge is 2.27. The summed E-state index contributed by atoms with van der Waals surface area (Å²) in [4.78, 5) is 11.2. The predicted molar refractivity (Wildman–Crippen MR) is 67.5 cm³/mol. The minimum absolute atomic E-state index is 0.144. The molecule has 0 unspecified atom stereocenters. The Labute approximate surface area is 114 Å². The molecule has 0 bridgehead atoms. The van der Waals surface area contributed by atoms with E-state index >= 15 is 0 Å². The van der Waals surface area contributed by atoms with Gasteiger partial charge in [-0.3, -0.25) is 4.79 Å². The maximum absolute atomic E-state index is 11.9. The average molecular weight is 285 g/mol. The van der Waals surface area contributed by atoms with Gasteiger partial charge in [0.2, 0.25) is 5.91 Å². The highest BCUT2D eigenvalue weighted by atomic mass is 19.4. The highest BCUT2D eigenvalue weighted by Crippen LogP contribution is 2.21. The Morgan fingerprint density at radius 2 is 2.10 bits per heavy atom. The fourth-order valence-corrected chi connectivity index (χ4v) is 1.44. The minimum Gasteiger partial charge on any atom is -0.384 e. The van der Waals surface area contributed by atoms with Crippen LogP contribution in [0.2, 0.25) is 0 Å². The van der Waals surface area contributed by atoms with E-state index in [1.165, 1.54) is 0 Å². The second-order valence-electron chi connectivity index (χ2n) is 4.05. The van der Waals surface area contributed by atoms with Crippen molar-refractivity contribution in [2.24, 2.45) is 0 Å². The molecule has 0 saturated carbocycles. The number of amides is 1. The molecule has 0 heterocycles. The summed E-state index contributed by atoms with van der Waals surface area (Å²) in [6.07, 6.45) is -6.02. The summed E-state index contributed by atoms with van der Waals surface area (Å²) in [5.74, 6) is 4.55. The smallest absolute Gasteiger partial charge is 0.384 e. The fourth-order valence-electron chi connectivity index (χ4n) is 1.44. The monoisotopic (exact) mass is 285 g/mol. The van der Waals surface area contributed by atoms with Crippen LogP contribution < -0.4 is 5.32 Å². The summed E-state index contributed by atoms with van der Waals surface area (Å²) in [5, 5.41) is 11.0. The Hall–Kier alpha value is -2.00. The number of hydrogen-bond acceptors (Lipinski definition) is 2. The van der Waals surface area contributed by atoms with Crippen molar-refractivity contribution < 1.29 is 23.1 Å². The van der Waals surface area contributed by atoms with Crippen molar-refractivity contribution in [1.82, 2.24) is 5.32 Å². The second kappa shape index (κ2) is 7.56. The Balaban J connectivity index is 2.47. The summed E-state index contributed by atoms with van der Waals surface area (Å²) in [7, 11) is 0. The first-order chi connectivity index (χ1) is 9.40. The number of halogens is 3. The number of alkyl halides is 3. The third-order valence-corrected chi connectivity index (χ3v) is 2.36. The van der Waals surface area contributed by atoms with Crippen LogP contribution in [0.5, 0.6) is 0 Å². The van der Waals surface area contributed by atoms with E-state index in [1.54, 1.807) is 24.3 Å². The van der Waals surface area contributed by atoms with Gasteiger partial charge in [0.25, 0.3) is 0 Å². The highest BCUT2D eigenvalue weighted by molar-refractivity contribution is 5.75. The molecule has 108 valence electrons. The van der Waals surface area contributed by atoms with Crippen molar-refractivity contribution in [3.05, 3.63) is 35.4 Å². The normalized spacial score (nSPS) is 10.6. The Morgan fingerprint density at radius 1 is 1.35 bits per heavy atom. The Bertz CT molecular complexity index is 515. The molecule has 0 aliphatic rings. The second-order valence-corrected chi connectivity index (χ2v) is 4.05. The van der Waals surface area contributed by atoms with Crippen LogP contribution in [0, 0.1) is 11.8 Å². The van der Waals surface area contributed by atoms with E-state index in [0.717, 1.165) is 5.56 Å². The van der Waals surface area contributed by atoms with Crippen LogP contribution in [0.15, 0.2) is 24.3 Å². The van der Waals surface area contributed by atoms with Gasteiger partial charge in [0.15, 0.2) is 0 Å². The lowest BCUT2D eigenvalue weighted by Gasteiger charge is -2.07. The van der Waals surface area contributed by atoms with Gasteiger partial charge >= 0.3 is 6.18 Å². The van der Waals surface area contributed by atoms with Crippen LogP contribution >= 0.6 is 0 Å². The van der Waals surface area contributed by atoms with Gasteiger partial charge in [0.05, 0.1) is 6.42 Å². The fraction of sp³-hybridized carbons (Fsp3) is 0.357. The largest absolute Gasteiger partial charge is 0.389 e. The Kier molecular flexibility index (Phi) is 6.07. The number of benzene rings is 1. The molecule has 0 aliphatic heterocycles. The molecule has 6 heteroatoms. The maximum Gasteiger partial charge on any atom is 0.389 e.